The van der Waals surface area contributed by atoms with Crippen LogP contribution in [0.4, 0.5) is 4.39 Å². The molecule has 0 spiro atoms. The molecule has 6 heteroatoms. The fraction of sp³-hybridized carbons (Fsp3) is 0.600. The van der Waals surface area contributed by atoms with Gasteiger partial charge in [-0.1, -0.05) is 0 Å². The predicted octanol–water partition coefficient (Wildman–Crippen LogP) is 2.82. The quantitative estimate of drug-likeness (QED) is 0.842. The number of piperidine rings is 1. The summed E-state index contributed by atoms with van der Waals surface area (Å²) < 4.78 is 20.8. The molecule has 2 aliphatic rings. The van der Waals surface area contributed by atoms with Gasteiger partial charge in [-0.05, 0) is 63.2 Å². The van der Waals surface area contributed by atoms with Gasteiger partial charge >= 0.3 is 0 Å². The van der Waals surface area contributed by atoms with Gasteiger partial charge in [0.1, 0.15) is 5.82 Å². The summed E-state index contributed by atoms with van der Waals surface area (Å²) in [5.74, 6) is 0.118. The second kappa shape index (κ2) is 7.84. The number of aromatic nitrogens is 2. The maximum Gasteiger partial charge on any atom is 0.261 e. The van der Waals surface area contributed by atoms with Gasteiger partial charge in [0.05, 0.1) is 23.3 Å². The Morgan fingerprint density at radius 3 is 2.77 bits per heavy atom. The minimum Gasteiger partial charge on any atom is -0.377 e. The number of fused-ring (bicyclic) bond motifs is 1. The topological polar surface area (TPSA) is 47.4 Å². The van der Waals surface area contributed by atoms with E-state index in [4.69, 9.17) is 4.74 Å². The zero-order valence-electron chi connectivity index (χ0n) is 15.1. The highest BCUT2D eigenvalue weighted by Gasteiger charge is 2.23. The van der Waals surface area contributed by atoms with Crippen LogP contribution in [0.5, 0.6) is 0 Å². The lowest BCUT2D eigenvalue weighted by Crippen LogP contribution is -2.41. The second-order valence-electron chi connectivity index (χ2n) is 7.60. The first kappa shape index (κ1) is 17.6. The molecule has 26 heavy (non-hydrogen) atoms. The molecule has 2 fully saturated rings. The number of likely N-dealkylation sites (tertiary alicyclic amines) is 1. The summed E-state index contributed by atoms with van der Waals surface area (Å²) in [7, 11) is 0. The van der Waals surface area contributed by atoms with Crippen molar-refractivity contribution in [3.05, 3.63) is 40.7 Å². The highest BCUT2D eigenvalue weighted by molar-refractivity contribution is 5.77. The average Bonchev–Trinajstić information content (AvgIpc) is 2.66. The summed E-state index contributed by atoms with van der Waals surface area (Å²) in [6.07, 6.45) is 7.78. The minimum absolute atomic E-state index is 0.0759. The maximum absolute atomic E-state index is 13.3. The van der Waals surface area contributed by atoms with Crippen LogP contribution in [0, 0.1) is 11.7 Å². The van der Waals surface area contributed by atoms with Gasteiger partial charge < -0.3 is 9.64 Å². The molecule has 3 heterocycles. The summed E-state index contributed by atoms with van der Waals surface area (Å²) in [6.45, 7) is 4.75. The molecule has 5 nitrogen and oxygen atoms in total. The first-order valence-corrected chi connectivity index (χ1v) is 9.68. The zero-order chi connectivity index (χ0) is 17.9. The van der Waals surface area contributed by atoms with Gasteiger partial charge in [-0.25, -0.2) is 9.37 Å². The summed E-state index contributed by atoms with van der Waals surface area (Å²) in [5.41, 5.74) is 0.349. The number of rotatable bonds is 4. The molecule has 1 atom stereocenters. The molecular weight excluding hydrogens is 333 g/mol. The van der Waals surface area contributed by atoms with Crippen LogP contribution in [0.1, 0.15) is 32.1 Å². The highest BCUT2D eigenvalue weighted by Crippen LogP contribution is 2.21. The standard InChI is InChI=1S/C20H26FN3O2/c21-16-4-5-18-19(11-16)22-14-24(20(18)25)12-15-6-8-23(9-7-15)13-17-3-1-2-10-26-17/h4-5,11,14-15,17H,1-3,6-10,12-13H2. The number of halogens is 1. The van der Waals surface area contributed by atoms with Crippen LogP contribution in [0.2, 0.25) is 0 Å². The number of ether oxygens (including phenoxy) is 1. The Bertz CT molecular complexity index is 808. The van der Waals surface area contributed by atoms with Crippen LogP contribution in [0.15, 0.2) is 29.3 Å². The van der Waals surface area contributed by atoms with Crippen molar-refractivity contribution < 1.29 is 9.13 Å². The number of nitrogens with zero attached hydrogens (tertiary/aromatic N) is 3. The molecule has 4 rings (SSSR count). The first-order valence-electron chi connectivity index (χ1n) is 9.68. The third-order valence-electron chi connectivity index (χ3n) is 5.69. The molecule has 1 unspecified atom stereocenters. The smallest absolute Gasteiger partial charge is 0.261 e. The van der Waals surface area contributed by atoms with Crippen molar-refractivity contribution in [2.24, 2.45) is 5.92 Å². The Morgan fingerprint density at radius 2 is 2.00 bits per heavy atom. The zero-order valence-corrected chi connectivity index (χ0v) is 15.1. The molecule has 2 aliphatic heterocycles. The minimum atomic E-state index is -0.364. The van der Waals surface area contributed by atoms with Crippen molar-refractivity contribution in [3.63, 3.8) is 0 Å². The monoisotopic (exact) mass is 359 g/mol. The molecule has 1 aromatic carbocycles. The molecule has 2 saturated heterocycles. The van der Waals surface area contributed by atoms with Crippen LogP contribution in [-0.4, -0.2) is 46.8 Å². The van der Waals surface area contributed by atoms with E-state index in [9.17, 15) is 9.18 Å². The van der Waals surface area contributed by atoms with Gasteiger partial charge in [-0.3, -0.25) is 9.36 Å². The summed E-state index contributed by atoms with van der Waals surface area (Å²) in [4.78, 5) is 19.4. The SMILES string of the molecule is O=c1c2ccc(F)cc2ncn1CC1CCN(CC2CCCCO2)CC1. The summed E-state index contributed by atoms with van der Waals surface area (Å²) in [5, 5.41) is 0.487. The van der Waals surface area contributed by atoms with Crippen molar-refractivity contribution in [1.29, 1.82) is 0 Å². The first-order chi connectivity index (χ1) is 12.7. The largest absolute Gasteiger partial charge is 0.377 e. The number of hydrogen-bond donors (Lipinski definition) is 0. The van der Waals surface area contributed by atoms with Crippen LogP contribution in [-0.2, 0) is 11.3 Å². The number of benzene rings is 1. The van der Waals surface area contributed by atoms with Crippen molar-refractivity contribution >= 4 is 10.9 Å². The highest BCUT2D eigenvalue weighted by atomic mass is 19.1. The van der Waals surface area contributed by atoms with Gasteiger partial charge in [0.25, 0.3) is 5.56 Å². The van der Waals surface area contributed by atoms with Gasteiger partial charge in [-0.15, -0.1) is 0 Å². The van der Waals surface area contributed by atoms with Crippen molar-refractivity contribution in [2.45, 2.75) is 44.8 Å². The fourth-order valence-electron chi connectivity index (χ4n) is 4.13. The van der Waals surface area contributed by atoms with Gasteiger partial charge in [0.15, 0.2) is 0 Å². The van der Waals surface area contributed by atoms with Crippen LogP contribution in [0.25, 0.3) is 10.9 Å². The summed E-state index contributed by atoms with van der Waals surface area (Å²) in [6, 6.07) is 4.16. The predicted molar refractivity (Wildman–Crippen MR) is 98.7 cm³/mol. The van der Waals surface area contributed by atoms with E-state index in [0.717, 1.165) is 39.1 Å². The lowest BCUT2D eigenvalue weighted by molar-refractivity contribution is -0.0117. The molecular formula is C20H26FN3O2. The van der Waals surface area contributed by atoms with Gasteiger partial charge in [0, 0.05) is 25.8 Å². The second-order valence-corrected chi connectivity index (χ2v) is 7.60. The molecule has 2 aromatic rings. The molecule has 140 valence electrons. The van der Waals surface area contributed by atoms with E-state index in [1.54, 1.807) is 10.9 Å². The average molecular weight is 359 g/mol. The third kappa shape index (κ3) is 3.96. The normalized spacial score (nSPS) is 22.7. The van der Waals surface area contributed by atoms with Crippen LogP contribution in [0.3, 0.4) is 0 Å². The molecule has 0 bridgehead atoms. The molecule has 0 aliphatic carbocycles. The van der Waals surface area contributed by atoms with Crippen molar-refractivity contribution in [1.82, 2.24) is 14.5 Å². The molecule has 0 saturated carbocycles. The Kier molecular flexibility index (Phi) is 5.31. The molecule has 1 aromatic heterocycles. The number of hydrogen-bond acceptors (Lipinski definition) is 4. The van der Waals surface area contributed by atoms with E-state index in [-0.39, 0.29) is 11.4 Å². The van der Waals surface area contributed by atoms with Gasteiger partial charge in [0.2, 0.25) is 0 Å². The van der Waals surface area contributed by atoms with E-state index in [2.05, 4.69) is 9.88 Å². The Morgan fingerprint density at radius 1 is 1.15 bits per heavy atom. The third-order valence-corrected chi connectivity index (χ3v) is 5.69. The lowest BCUT2D eigenvalue weighted by atomic mass is 9.96. The lowest BCUT2D eigenvalue weighted by Gasteiger charge is -2.35. The fourth-order valence-corrected chi connectivity index (χ4v) is 4.13. The van der Waals surface area contributed by atoms with E-state index in [1.807, 2.05) is 0 Å². The molecule has 0 N–H and O–H groups in total. The maximum atomic E-state index is 13.3. The molecule has 0 amide bonds. The summed E-state index contributed by atoms with van der Waals surface area (Å²) >= 11 is 0. The van der Waals surface area contributed by atoms with E-state index in [1.165, 1.54) is 37.5 Å². The van der Waals surface area contributed by atoms with Crippen LogP contribution >= 0.6 is 0 Å². The van der Waals surface area contributed by atoms with E-state index in [0.29, 0.717) is 29.5 Å². The van der Waals surface area contributed by atoms with Crippen LogP contribution < -0.4 is 5.56 Å². The Hall–Kier alpha value is -1.79. The van der Waals surface area contributed by atoms with Gasteiger partial charge in [-0.2, -0.15) is 0 Å². The van der Waals surface area contributed by atoms with E-state index >= 15 is 0 Å². The van der Waals surface area contributed by atoms with Crippen molar-refractivity contribution in [3.8, 4) is 0 Å². The Labute approximate surface area is 152 Å². The Balaban J connectivity index is 1.35. The van der Waals surface area contributed by atoms with E-state index < -0.39 is 0 Å². The van der Waals surface area contributed by atoms with Crippen molar-refractivity contribution in [2.75, 3.05) is 26.2 Å². The molecule has 0 radical (unpaired) electrons.